The molecule has 1 heterocycles. The monoisotopic (exact) mass is 203 g/mol. The second-order valence-corrected chi connectivity index (χ2v) is 4.44. The normalized spacial score (nSPS) is 26.7. The maximum atomic E-state index is 11.9. The van der Waals surface area contributed by atoms with Crippen molar-refractivity contribution < 1.29 is 4.79 Å². The molecule has 2 rings (SSSR count). The quantitative estimate of drug-likeness (QED) is 0.757. The van der Waals surface area contributed by atoms with Crippen molar-refractivity contribution in [3.63, 3.8) is 0 Å². The molecule has 1 aliphatic rings. The van der Waals surface area contributed by atoms with Crippen LogP contribution in [0.1, 0.15) is 30.9 Å². The number of aryl methyl sites for hydroxylation is 1. The predicted octanol–water partition coefficient (Wildman–Crippen LogP) is 2.16. The third-order valence-corrected chi connectivity index (χ3v) is 3.25. The molecule has 1 aromatic carbocycles. The molecule has 0 aliphatic carbocycles. The van der Waals surface area contributed by atoms with Crippen LogP contribution in [0.4, 0.5) is 0 Å². The Morgan fingerprint density at radius 2 is 1.93 bits per heavy atom. The van der Waals surface area contributed by atoms with Crippen LogP contribution < -0.4 is 5.32 Å². The van der Waals surface area contributed by atoms with Crippen molar-refractivity contribution in [1.29, 1.82) is 0 Å². The van der Waals surface area contributed by atoms with Crippen molar-refractivity contribution in [1.82, 2.24) is 5.32 Å². The summed E-state index contributed by atoms with van der Waals surface area (Å²) >= 11 is 0. The largest absolute Gasteiger partial charge is 0.301 e. The molecule has 1 saturated heterocycles. The number of benzene rings is 1. The van der Waals surface area contributed by atoms with Crippen molar-refractivity contribution >= 4 is 5.78 Å². The van der Waals surface area contributed by atoms with Crippen molar-refractivity contribution in [2.75, 3.05) is 6.54 Å². The number of carbonyl (C=O) groups excluding carboxylic acids is 1. The van der Waals surface area contributed by atoms with Gasteiger partial charge < -0.3 is 5.32 Å². The van der Waals surface area contributed by atoms with Crippen LogP contribution in [0, 0.1) is 6.92 Å². The summed E-state index contributed by atoms with van der Waals surface area (Å²) in [6.07, 6.45) is 1.65. The highest BCUT2D eigenvalue weighted by Gasteiger charge is 2.36. The van der Waals surface area contributed by atoms with Gasteiger partial charge in [-0.3, -0.25) is 4.79 Å². The smallest absolute Gasteiger partial charge is 0.157 e. The summed E-state index contributed by atoms with van der Waals surface area (Å²) in [5.74, 6) is 0.303. The minimum Gasteiger partial charge on any atom is -0.301 e. The third-order valence-electron chi connectivity index (χ3n) is 3.25. The molecule has 1 aliphatic heterocycles. The fraction of sp³-hybridized carbons (Fsp3) is 0.462. The fourth-order valence-corrected chi connectivity index (χ4v) is 2.09. The van der Waals surface area contributed by atoms with E-state index in [-0.39, 0.29) is 0 Å². The zero-order chi connectivity index (χ0) is 10.9. The molecule has 15 heavy (non-hydrogen) atoms. The van der Waals surface area contributed by atoms with Crippen molar-refractivity contribution in [2.24, 2.45) is 0 Å². The Bertz CT molecular complexity index is 369. The molecule has 2 nitrogen and oxygen atoms in total. The summed E-state index contributed by atoms with van der Waals surface area (Å²) in [6, 6.07) is 8.21. The van der Waals surface area contributed by atoms with Gasteiger partial charge in [-0.2, -0.15) is 0 Å². The number of ketones is 1. The second kappa shape index (κ2) is 3.78. The van der Waals surface area contributed by atoms with Crippen LogP contribution in [-0.2, 0) is 10.3 Å². The molecule has 2 heteroatoms. The molecule has 1 fully saturated rings. The summed E-state index contributed by atoms with van der Waals surface area (Å²) in [4.78, 5) is 11.9. The van der Waals surface area contributed by atoms with Crippen LogP contribution in [0.3, 0.4) is 0 Å². The zero-order valence-corrected chi connectivity index (χ0v) is 9.34. The molecule has 1 N–H and O–H groups in total. The molecule has 0 saturated carbocycles. The van der Waals surface area contributed by atoms with Crippen LogP contribution in [0.2, 0.25) is 0 Å². The van der Waals surface area contributed by atoms with Gasteiger partial charge >= 0.3 is 0 Å². The van der Waals surface area contributed by atoms with Gasteiger partial charge in [-0.15, -0.1) is 0 Å². The van der Waals surface area contributed by atoms with E-state index in [4.69, 9.17) is 0 Å². The van der Waals surface area contributed by atoms with E-state index in [2.05, 4.69) is 24.4 Å². The molecular weight excluding hydrogens is 186 g/mol. The lowest BCUT2D eigenvalue weighted by Gasteiger charge is -2.33. The number of piperidine rings is 1. The molecule has 0 aromatic heterocycles. The molecule has 0 amide bonds. The van der Waals surface area contributed by atoms with E-state index < -0.39 is 5.54 Å². The first-order valence-corrected chi connectivity index (χ1v) is 5.48. The first-order valence-electron chi connectivity index (χ1n) is 5.48. The molecule has 1 atom stereocenters. The van der Waals surface area contributed by atoms with E-state index in [1.165, 1.54) is 5.56 Å². The van der Waals surface area contributed by atoms with Gasteiger partial charge in [0.1, 0.15) is 5.54 Å². The topological polar surface area (TPSA) is 29.1 Å². The summed E-state index contributed by atoms with van der Waals surface area (Å²) in [5.41, 5.74) is 1.84. The third kappa shape index (κ3) is 1.82. The maximum absolute atomic E-state index is 11.9. The lowest BCUT2D eigenvalue weighted by Crippen LogP contribution is -2.50. The standard InChI is InChI=1S/C13H17NO/c1-10-5-7-11(8-6-10)13(2)12(15)4-3-9-14-13/h5-8,14H,3-4,9H2,1-2H3. The highest BCUT2D eigenvalue weighted by molar-refractivity contribution is 5.89. The minimum atomic E-state index is -0.466. The Balaban J connectivity index is 2.35. The molecule has 1 aromatic rings. The maximum Gasteiger partial charge on any atom is 0.157 e. The number of carbonyl (C=O) groups is 1. The Labute approximate surface area is 90.7 Å². The summed E-state index contributed by atoms with van der Waals surface area (Å²) in [7, 11) is 0. The number of nitrogens with one attached hydrogen (secondary N) is 1. The van der Waals surface area contributed by atoms with Gasteiger partial charge in [0.05, 0.1) is 0 Å². The number of hydrogen-bond acceptors (Lipinski definition) is 2. The fourth-order valence-electron chi connectivity index (χ4n) is 2.09. The van der Waals surface area contributed by atoms with Crippen LogP contribution in [0.25, 0.3) is 0 Å². The molecule has 0 spiro atoms. The van der Waals surface area contributed by atoms with Crippen LogP contribution in [0.15, 0.2) is 24.3 Å². The average molecular weight is 203 g/mol. The SMILES string of the molecule is Cc1ccc(C2(C)NCCCC2=O)cc1. The van der Waals surface area contributed by atoms with Gasteiger partial charge in [-0.25, -0.2) is 0 Å². The van der Waals surface area contributed by atoms with Crippen molar-refractivity contribution in [3.8, 4) is 0 Å². The highest BCUT2D eigenvalue weighted by Crippen LogP contribution is 2.26. The number of Topliss-reactive ketones (excluding diaryl/α,β-unsaturated/α-hetero) is 1. The molecule has 1 unspecified atom stereocenters. The molecule has 0 bridgehead atoms. The van der Waals surface area contributed by atoms with E-state index in [1.54, 1.807) is 0 Å². The van der Waals surface area contributed by atoms with E-state index in [0.717, 1.165) is 18.5 Å². The summed E-state index contributed by atoms with van der Waals surface area (Å²) in [5, 5.41) is 3.33. The Kier molecular flexibility index (Phi) is 2.61. The lowest BCUT2D eigenvalue weighted by molar-refractivity contribution is -0.126. The minimum absolute atomic E-state index is 0.303. The Hall–Kier alpha value is -1.15. The summed E-state index contributed by atoms with van der Waals surface area (Å²) < 4.78 is 0. The van der Waals surface area contributed by atoms with Gasteiger partial charge in [0.15, 0.2) is 5.78 Å². The molecule has 0 radical (unpaired) electrons. The van der Waals surface area contributed by atoms with Crippen LogP contribution in [-0.4, -0.2) is 12.3 Å². The Morgan fingerprint density at radius 3 is 2.53 bits per heavy atom. The number of rotatable bonds is 1. The van der Waals surface area contributed by atoms with Gasteiger partial charge in [-0.05, 0) is 32.4 Å². The van der Waals surface area contributed by atoms with Gasteiger partial charge in [-0.1, -0.05) is 29.8 Å². The number of hydrogen-bond donors (Lipinski definition) is 1. The zero-order valence-electron chi connectivity index (χ0n) is 9.34. The first kappa shape index (κ1) is 10.4. The molecule has 80 valence electrons. The molecular formula is C13H17NO. The highest BCUT2D eigenvalue weighted by atomic mass is 16.1. The van der Waals surface area contributed by atoms with Crippen LogP contribution >= 0.6 is 0 Å². The van der Waals surface area contributed by atoms with Crippen molar-refractivity contribution in [3.05, 3.63) is 35.4 Å². The van der Waals surface area contributed by atoms with E-state index in [9.17, 15) is 4.79 Å². The predicted molar refractivity (Wildman–Crippen MR) is 60.8 cm³/mol. The van der Waals surface area contributed by atoms with Crippen molar-refractivity contribution in [2.45, 2.75) is 32.2 Å². The van der Waals surface area contributed by atoms with Gasteiger partial charge in [0.2, 0.25) is 0 Å². The lowest BCUT2D eigenvalue weighted by atomic mass is 9.82. The average Bonchev–Trinajstić information content (AvgIpc) is 2.23. The first-order chi connectivity index (χ1) is 7.13. The van der Waals surface area contributed by atoms with Gasteiger partial charge in [0.25, 0.3) is 0 Å². The van der Waals surface area contributed by atoms with E-state index in [0.29, 0.717) is 12.2 Å². The summed E-state index contributed by atoms with van der Waals surface area (Å²) in [6.45, 7) is 4.97. The second-order valence-electron chi connectivity index (χ2n) is 4.44. The van der Waals surface area contributed by atoms with E-state index in [1.807, 2.05) is 19.1 Å². The van der Waals surface area contributed by atoms with Gasteiger partial charge in [0, 0.05) is 6.42 Å². The van der Waals surface area contributed by atoms with E-state index >= 15 is 0 Å². The Morgan fingerprint density at radius 1 is 1.27 bits per heavy atom. The van der Waals surface area contributed by atoms with Crippen LogP contribution in [0.5, 0.6) is 0 Å².